The van der Waals surface area contributed by atoms with Crippen molar-refractivity contribution in [1.29, 1.82) is 0 Å². The number of hydrogen-bond donors (Lipinski definition) is 1. The number of ether oxygens (including phenoxy) is 1. The summed E-state index contributed by atoms with van der Waals surface area (Å²) in [4.78, 5) is 23.1. The van der Waals surface area contributed by atoms with E-state index in [-0.39, 0.29) is 5.91 Å². The molecule has 0 atom stereocenters. The molecule has 138 valence electrons. The van der Waals surface area contributed by atoms with Crippen molar-refractivity contribution in [3.05, 3.63) is 72.2 Å². The average molecular weight is 362 g/mol. The van der Waals surface area contributed by atoms with E-state index in [1.165, 1.54) is 6.20 Å². The van der Waals surface area contributed by atoms with Crippen LogP contribution >= 0.6 is 0 Å². The number of methoxy groups -OCH3 is 1. The van der Waals surface area contributed by atoms with Gasteiger partial charge < -0.3 is 15.0 Å². The van der Waals surface area contributed by atoms with E-state index in [1.807, 2.05) is 62.4 Å². The SMILES string of the molecule is CCN(C(=O)c1cnc(Nc2ccccc2OC)cn1)c1cccc(C)c1. The monoisotopic (exact) mass is 362 g/mol. The molecule has 0 aliphatic rings. The van der Waals surface area contributed by atoms with Crippen molar-refractivity contribution >= 4 is 23.1 Å². The lowest BCUT2D eigenvalue weighted by atomic mass is 10.2. The number of carbonyl (C=O) groups is 1. The molecule has 0 spiro atoms. The second-order valence-electron chi connectivity index (χ2n) is 6.00. The lowest BCUT2D eigenvalue weighted by Gasteiger charge is -2.21. The van der Waals surface area contributed by atoms with Crippen LogP contribution in [-0.4, -0.2) is 29.5 Å². The minimum atomic E-state index is -0.181. The van der Waals surface area contributed by atoms with Gasteiger partial charge in [0.25, 0.3) is 5.91 Å². The predicted molar refractivity (Wildman–Crippen MR) is 107 cm³/mol. The molecule has 1 aromatic heterocycles. The molecule has 0 saturated heterocycles. The summed E-state index contributed by atoms with van der Waals surface area (Å²) in [5.74, 6) is 1.06. The normalized spacial score (nSPS) is 10.3. The van der Waals surface area contributed by atoms with E-state index in [2.05, 4.69) is 15.3 Å². The first-order valence-corrected chi connectivity index (χ1v) is 8.73. The Morgan fingerprint density at radius 1 is 1.11 bits per heavy atom. The molecule has 2 aromatic carbocycles. The van der Waals surface area contributed by atoms with Crippen molar-refractivity contribution in [2.24, 2.45) is 0 Å². The second kappa shape index (κ2) is 8.31. The zero-order valence-electron chi connectivity index (χ0n) is 15.6. The number of carbonyl (C=O) groups excluding carboxylic acids is 1. The number of rotatable bonds is 6. The maximum absolute atomic E-state index is 12.8. The molecule has 1 amide bonds. The Kier molecular flexibility index (Phi) is 5.66. The van der Waals surface area contributed by atoms with Gasteiger partial charge in [-0.3, -0.25) is 4.79 Å². The van der Waals surface area contributed by atoms with E-state index in [0.29, 0.717) is 23.8 Å². The molecule has 1 heterocycles. The summed E-state index contributed by atoms with van der Waals surface area (Å²) in [5, 5.41) is 3.15. The quantitative estimate of drug-likeness (QED) is 0.712. The fourth-order valence-corrected chi connectivity index (χ4v) is 2.77. The highest BCUT2D eigenvalue weighted by Crippen LogP contribution is 2.26. The van der Waals surface area contributed by atoms with Gasteiger partial charge in [0.1, 0.15) is 17.3 Å². The number of nitrogens with one attached hydrogen (secondary N) is 1. The molecule has 3 aromatic rings. The highest BCUT2D eigenvalue weighted by Gasteiger charge is 2.18. The zero-order valence-corrected chi connectivity index (χ0v) is 15.6. The van der Waals surface area contributed by atoms with Gasteiger partial charge in [-0.1, -0.05) is 24.3 Å². The lowest BCUT2D eigenvalue weighted by molar-refractivity contribution is 0.0983. The van der Waals surface area contributed by atoms with Crippen LogP contribution in [0.25, 0.3) is 0 Å². The molecular formula is C21H22N4O2. The summed E-state index contributed by atoms with van der Waals surface area (Å²) in [7, 11) is 1.61. The molecule has 0 bridgehead atoms. The fraction of sp³-hybridized carbons (Fsp3) is 0.190. The number of para-hydroxylation sites is 2. The van der Waals surface area contributed by atoms with Crippen LogP contribution in [0.15, 0.2) is 60.9 Å². The van der Waals surface area contributed by atoms with Crippen LogP contribution in [0.3, 0.4) is 0 Å². The summed E-state index contributed by atoms with van der Waals surface area (Å²) in [6.45, 7) is 4.48. The summed E-state index contributed by atoms with van der Waals surface area (Å²) in [6, 6.07) is 15.4. The number of anilines is 3. The number of hydrogen-bond acceptors (Lipinski definition) is 5. The summed E-state index contributed by atoms with van der Waals surface area (Å²) in [5.41, 5.74) is 3.02. The van der Waals surface area contributed by atoms with Gasteiger partial charge in [-0.15, -0.1) is 0 Å². The number of amides is 1. The first kappa shape index (κ1) is 18.4. The smallest absolute Gasteiger partial charge is 0.278 e. The molecule has 6 heteroatoms. The average Bonchev–Trinajstić information content (AvgIpc) is 2.69. The van der Waals surface area contributed by atoms with E-state index in [9.17, 15) is 4.79 Å². The molecule has 0 aliphatic carbocycles. The van der Waals surface area contributed by atoms with Crippen molar-refractivity contribution in [2.45, 2.75) is 13.8 Å². The van der Waals surface area contributed by atoms with Crippen LogP contribution in [0.4, 0.5) is 17.2 Å². The Morgan fingerprint density at radius 3 is 2.59 bits per heavy atom. The Balaban J connectivity index is 1.78. The van der Waals surface area contributed by atoms with E-state index >= 15 is 0 Å². The fourth-order valence-electron chi connectivity index (χ4n) is 2.77. The van der Waals surface area contributed by atoms with Crippen molar-refractivity contribution in [3.8, 4) is 5.75 Å². The highest BCUT2D eigenvalue weighted by molar-refractivity contribution is 6.04. The number of nitrogens with zero attached hydrogens (tertiary/aromatic N) is 3. The summed E-state index contributed by atoms with van der Waals surface area (Å²) in [6.07, 6.45) is 3.03. The van der Waals surface area contributed by atoms with Crippen molar-refractivity contribution < 1.29 is 9.53 Å². The minimum Gasteiger partial charge on any atom is -0.495 e. The molecule has 0 radical (unpaired) electrons. The first-order chi connectivity index (χ1) is 13.1. The van der Waals surface area contributed by atoms with Crippen LogP contribution in [0.2, 0.25) is 0 Å². The predicted octanol–water partition coefficient (Wildman–Crippen LogP) is 4.20. The minimum absolute atomic E-state index is 0.181. The van der Waals surface area contributed by atoms with Gasteiger partial charge in [-0.05, 0) is 43.7 Å². The van der Waals surface area contributed by atoms with E-state index in [1.54, 1.807) is 18.2 Å². The van der Waals surface area contributed by atoms with Crippen LogP contribution < -0.4 is 15.0 Å². The molecular weight excluding hydrogens is 340 g/mol. The molecule has 3 rings (SSSR count). The molecule has 0 saturated carbocycles. The summed E-state index contributed by atoms with van der Waals surface area (Å²) >= 11 is 0. The van der Waals surface area contributed by atoms with E-state index in [4.69, 9.17) is 4.74 Å². The zero-order chi connectivity index (χ0) is 19.2. The van der Waals surface area contributed by atoms with Gasteiger partial charge in [0.2, 0.25) is 0 Å². The Morgan fingerprint density at radius 2 is 1.93 bits per heavy atom. The van der Waals surface area contributed by atoms with Gasteiger partial charge in [0.15, 0.2) is 0 Å². The summed E-state index contributed by atoms with van der Waals surface area (Å²) < 4.78 is 5.31. The van der Waals surface area contributed by atoms with Gasteiger partial charge >= 0.3 is 0 Å². The first-order valence-electron chi connectivity index (χ1n) is 8.73. The number of benzene rings is 2. The standard InChI is InChI=1S/C21H22N4O2/c1-4-25(16-9-7-8-15(2)12-16)21(26)18-13-23-20(14-22-18)24-17-10-5-6-11-19(17)27-3/h5-14H,4H2,1-3H3,(H,23,24). The Bertz CT molecular complexity index is 925. The van der Waals surface area contributed by atoms with Gasteiger partial charge in [-0.2, -0.15) is 0 Å². The number of aryl methyl sites for hydroxylation is 1. The topological polar surface area (TPSA) is 67.4 Å². The van der Waals surface area contributed by atoms with Crippen LogP contribution in [0.5, 0.6) is 5.75 Å². The Hall–Kier alpha value is -3.41. The third kappa shape index (κ3) is 4.23. The molecule has 6 nitrogen and oxygen atoms in total. The third-order valence-corrected chi connectivity index (χ3v) is 4.12. The molecule has 0 aliphatic heterocycles. The second-order valence-corrected chi connectivity index (χ2v) is 6.00. The van der Waals surface area contributed by atoms with Crippen LogP contribution in [0.1, 0.15) is 23.0 Å². The van der Waals surface area contributed by atoms with Crippen molar-refractivity contribution in [3.63, 3.8) is 0 Å². The van der Waals surface area contributed by atoms with Gasteiger partial charge in [-0.25, -0.2) is 9.97 Å². The third-order valence-electron chi connectivity index (χ3n) is 4.12. The van der Waals surface area contributed by atoms with Gasteiger partial charge in [0.05, 0.1) is 25.2 Å². The maximum Gasteiger partial charge on any atom is 0.278 e. The molecule has 1 N–H and O–H groups in total. The van der Waals surface area contributed by atoms with Crippen LogP contribution in [-0.2, 0) is 0 Å². The largest absolute Gasteiger partial charge is 0.495 e. The van der Waals surface area contributed by atoms with Gasteiger partial charge in [0, 0.05) is 12.2 Å². The molecule has 0 unspecified atom stereocenters. The van der Waals surface area contributed by atoms with Crippen molar-refractivity contribution in [2.75, 3.05) is 23.9 Å². The van der Waals surface area contributed by atoms with Crippen molar-refractivity contribution in [1.82, 2.24) is 9.97 Å². The van der Waals surface area contributed by atoms with E-state index in [0.717, 1.165) is 16.9 Å². The number of aromatic nitrogens is 2. The molecule has 27 heavy (non-hydrogen) atoms. The maximum atomic E-state index is 12.8. The molecule has 0 fully saturated rings. The lowest BCUT2D eigenvalue weighted by Crippen LogP contribution is -2.31. The highest BCUT2D eigenvalue weighted by atomic mass is 16.5. The van der Waals surface area contributed by atoms with E-state index < -0.39 is 0 Å². The van der Waals surface area contributed by atoms with Crippen LogP contribution in [0, 0.1) is 6.92 Å². The Labute approximate surface area is 158 Å².